The number of aromatic carboxylic acids is 1. The number of nitrogens with two attached hydrogens (primary N) is 1. The highest BCUT2D eigenvalue weighted by molar-refractivity contribution is 5.94. The van der Waals surface area contributed by atoms with Crippen LogP contribution < -0.4 is 5.73 Å². The molecule has 0 saturated carbocycles. The van der Waals surface area contributed by atoms with Gasteiger partial charge in [-0.1, -0.05) is 0 Å². The first-order chi connectivity index (χ1) is 6.43. The summed E-state index contributed by atoms with van der Waals surface area (Å²) in [5.74, 6) is -2.14. The molecule has 0 aromatic heterocycles. The minimum atomic E-state index is -1.47. The lowest BCUT2D eigenvalue weighted by molar-refractivity contribution is -0.384. The summed E-state index contributed by atoms with van der Waals surface area (Å²) in [5, 5.41) is 28.0. The quantitative estimate of drug-likeness (QED) is 0.313. The number of hydrogen-bond acceptors (Lipinski definition) is 5. The van der Waals surface area contributed by atoms with Crippen molar-refractivity contribution < 1.29 is 25.4 Å². The Kier molecular flexibility index (Phi) is 9.09. The normalized spacial score (nSPS) is 8.00. The van der Waals surface area contributed by atoms with Gasteiger partial charge in [-0.2, -0.15) is 0 Å². The van der Waals surface area contributed by atoms with Crippen LogP contribution in [0.3, 0.4) is 0 Å². The molecule has 1 aromatic carbocycles. The highest BCUT2D eigenvalue weighted by Gasteiger charge is 2.18. The number of nitro benzene ring substituents is 1. The van der Waals surface area contributed by atoms with Gasteiger partial charge in [-0.05, 0) is 0 Å². The number of carboxylic acid groups (broad SMARTS) is 1. The van der Waals surface area contributed by atoms with Crippen LogP contribution in [0.1, 0.15) is 10.4 Å². The van der Waals surface area contributed by atoms with Crippen molar-refractivity contribution in [2.24, 2.45) is 0 Å². The van der Waals surface area contributed by atoms with Gasteiger partial charge in [-0.3, -0.25) is 10.1 Å². The van der Waals surface area contributed by atoms with Crippen molar-refractivity contribution in [1.29, 1.82) is 0 Å². The molecule has 1 rings (SSSR count). The summed E-state index contributed by atoms with van der Waals surface area (Å²) in [6.07, 6.45) is 0. The number of hydrogen-bond donors (Lipinski definition) is 3. The van der Waals surface area contributed by atoms with E-state index in [1.54, 1.807) is 0 Å². The molecular weight excluding hydrogens is 279 g/mol. The molecule has 0 aliphatic rings. The van der Waals surface area contributed by atoms with Gasteiger partial charge in [0, 0.05) is 12.1 Å². The van der Waals surface area contributed by atoms with Crippen LogP contribution in [0.4, 0.5) is 11.4 Å². The first kappa shape index (κ1) is 20.6. The van der Waals surface area contributed by atoms with Crippen molar-refractivity contribution in [2.75, 3.05) is 5.73 Å². The van der Waals surface area contributed by atoms with Crippen LogP contribution in [0.2, 0.25) is 0 Å². The predicted molar refractivity (Wildman–Crippen MR) is 64.2 cm³/mol. The van der Waals surface area contributed by atoms with Crippen molar-refractivity contribution in [1.82, 2.24) is 0 Å². The van der Waals surface area contributed by atoms with Crippen LogP contribution in [0.15, 0.2) is 12.1 Å². The molecule has 17 heavy (non-hydrogen) atoms. The SMILES string of the molecule is Cl.Cl.Nc1cc([N+](=O)[O-])cc(C(=O)O)c1O.O. The van der Waals surface area contributed by atoms with Crippen LogP contribution in [-0.2, 0) is 0 Å². The maximum atomic E-state index is 10.5. The fraction of sp³-hybridized carbons (Fsp3) is 0. The summed E-state index contributed by atoms with van der Waals surface area (Å²) in [6.45, 7) is 0. The van der Waals surface area contributed by atoms with Crippen LogP contribution in [0, 0.1) is 10.1 Å². The summed E-state index contributed by atoms with van der Waals surface area (Å²) in [5.41, 5.74) is 3.78. The standard InChI is InChI=1S/C7H6N2O5.2ClH.H2O/c8-5-2-3(9(13)14)1-4(6(5)10)7(11)12;;;/h1-2,10H,8H2,(H,11,12);2*1H;1H2. The number of non-ortho nitro benzene ring substituents is 1. The van der Waals surface area contributed by atoms with Gasteiger partial charge in [-0.25, -0.2) is 4.79 Å². The van der Waals surface area contributed by atoms with E-state index >= 15 is 0 Å². The molecule has 0 heterocycles. The molecule has 0 atom stereocenters. The Labute approximate surface area is 107 Å². The first-order valence-electron chi connectivity index (χ1n) is 3.43. The second-order valence-electron chi connectivity index (χ2n) is 2.49. The number of anilines is 1. The van der Waals surface area contributed by atoms with E-state index in [2.05, 4.69) is 0 Å². The molecule has 1 aromatic rings. The van der Waals surface area contributed by atoms with Crippen LogP contribution >= 0.6 is 24.8 Å². The van der Waals surface area contributed by atoms with Gasteiger partial charge in [0.25, 0.3) is 5.69 Å². The van der Waals surface area contributed by atoms with E-state index < -0.39 is 27.9 Å². The number of carboxylic acids is 1. The maximum absolute atomic E-state index is 10.5. The number of nitrogens with zero attached hydrogens (tertiary/aromatic N) is 1. The smallest absolute Gasteiger partial charge is 0.339 e. The van der Waals surface area contributed by atoms with Gasteiger partial charge in [0.1, 0.15) is 5.56 Å². The van der Waals surface area contributed by atoms with Crippen molar-refractivity contribution in [2.45, 2.75) is 0 Å². The van der Waals surface area contributed by atoms with E-state index in [1.807, 2.05) is 0 Å². The lowest BCUT2D eigenvalue weighted by atomic mass is 10.1. The summed E-state index contributed by atoms with van der Waals surface area (Å²) in [4.78, 5) is 20.0. The number of nitrogen functional groups attached to an aromatic ring is 1. The average molecular weight is 289 g/mol. The number of halogens is 2. The van der Waals surface area contributed by atoms with E-state index in [4.69, 9.17) is 15.9 Å². The molecule has 0 aliphatic carbocycles. The molecule has 0 saturated heterocycles. The molecule has 10 heteroatoms. The van der Waals surface area contributed by atoms with Crippen LogP contribution in [-0.4, -0.2) is 26.6 Å². The second kappa shape index (κ2) is 7.49. The number of nitro groups is 1. The topological polar surface area (TPSA) is 158 Å². The Bertz CT molecular complexity index is 425. The molecule has 0 aliphatic heterocycles. The van der Waals surface area contributed by atoms with Crippen molar-refractivity contribution in [3.63, 3.8) is 0 Å². The molecule has 8 nitrogen and oxygen atoms in total. The Balaban J connectivity index is -0.000000653. The van der Waals surface area contributed by atoms with E-state index in [0.29, 0.717) is 0 Å². The molecule has 0 fully saturated rings. The van der Waals surface area contributed by atoms with Crippen molar-refractivity contribution in [3.8, 4) is 5.75 Å². The Morgan fingerprint density at radius 3 is 2.18 bits per heavy atom. The van der Waals surface area contributed by atoms with Gasteiger partial charge < -0.3 is 21.4 Å². The molecule has 0 bridgehead atoms. The molecule has 98 valence electrons. The minimum absolute atomic E-state index is 0. The highest BCUT2D eigenvalue weighted by atomic mass is 35.5. The summed E-state index contributed by atoms with van der Waals surface area (Å²) in [6, 6.07) is 1.63. The van der Waals surface area contributed by atoms with Crippen LogP contribution in [0.25, 0.3) is 0 Å². The third kappa shape index (κ3) is 4.31. The number of carbonyl (C=O) groups is 1. The summed E-state index contributed by atoms with van der Waals surface area (Å²) in [7, 11) is 0. The average Bonchev–Trinajstić information content (AvgIpc) is 2.08. The molecular formula is C7H10Cl2N2O6. The summed E-state index contributed by atoms with van der Waals surface area (Å²) >= 11 is 0. The second-order valence-corrected chi connectivity index (χ2v) is 2.49. The Morgan fingerprint density at radius 2 is 1.82 bits per heavy atom. The zero-order valence-corrected chi connectivity index (χ0v) is 9.75. The predicted octanol–water partition coefficient (Wildman–Crippen LogP) is 0.600. The number of rotatable bonds is 2. The third-order valence-electron chi connectivity index (χ3n) is 1.57. The fourth-order valence-corrected chi connectivity index (χ4v) is 0.910. The van der Waals surface area contributed by atoms with Gasteiger partial charge in [0.05, 0.1) is 10.6 Å². The Morgan fingerprint density at radius 1 is 1.35 bits per heavy atom. The number of benzene rings is 1. The lowest BCUT2D eigenvalue weighted by Gasteiger charge is -2.02. The van der Waals surface area contributed by atoms with Gasteiger partial charge in [-0.15, -0.1) is 24.8 Å². The summed E-state index contributed by atoms with van der Waals surface area (Å²) < 4.78 is 0. The molecule has 0 unspecified atom stereocenters. The van der Waals surface area contributed by atoms with Crippen molar-refractivity contribution in [3.05, 3.63) is 27.8 Å². The lowest BCUT2D eigenvalue weighted by Crippen LogP contribution is -2.01. The van der Waals surface area contributed by atoms with Crippen molar-refractivity contribution >= 4 is 42.2 Å². The van der Waals surface area contributed by atoms with Gasteiger partial charge in [0.2, 0.25) is 0 Å². The maximum Gasteiger partial charge on any atom is 0.339 e. The van der Waals surface area contributed by atoms with E-state index in [-0.39, 0.29) is 36.0 Å². The highest BCUT2D eigenvalue weighted by Crippen LogP contribution is 2.30. The molecule has 0 amide bonds. The number of phenols is 1. The number of aromatic hydroxyl groups is 1. The minimum Gasteiger partial charge on any atom is -0.505 e. The first-order valence-corrected chi connectivity index (χ1v) is 3.43. The zero-order valence-electron chi connectivity index (χ0n) is 8.11. The molecule has 0 radical (unpaired) electrons. The van der Waals surface area contributed by atoms with E-state index in [9.17, 15) is 14.9 Å². The zero-order chi connectivity index (χ0) is 10.9. The Hall–Kier alpha value is -1.77. The fourth-order valence-electron chi connectivity index (χ4n) is 0.910. The van der Waals surface area contributed by atoms with Gasteiger partial charge >= 0.3 is 5.97 Å². The third-order valence-corrected chi connectivity index (χ3v) is 1.57. The molecule has 6 N–H and O–H groups in total. The largest absolute Gasteiger partial charge is 0.505 e. The van der Waals surface area contributed by atoms with E-state index in [0.717, 1.165) is 12.1 Å². The van der Waals surface area contributed by atoms with E-state index in [1.165, 1.54) is 0 Å². The van der Waals surface area contributed by atoms with Gasteiger partial charge in [0.15, 0.2) is 5.75 Å². The van der Waals surface area contributed by atoms with Crippen LogP contribution in [0.5, 0.6) is 5.75 Å². The monoisotopic (exact) mass is 288 g/mol. The molecule has 0 spiro atoms.